The molecular weight excluding hydrogens is 638 g/mol. The molecule has 1 aromatic rings. The third-order valence-electron chi connectivity index (χ3n) is 8.00. The van der Waals surface area contributed by atoms with Gasteiger partial charge in [0, 0.05) is 6.54 Å². The smallest absolute Gasteiger partial charge is 0.325 e. The number of carbonyl (C=O) groups is 6. The highest BCUT2D eigenvalue weighted by Crippen LogP contribution is 2.34. The number of urea groups is 1. The fraction of sp³-hybridized carbons (Fsp3) is 0.684. The van der Waals surface area contributed by atoms with E-state index in [1.807, 2.05) is 44.2 Å². The van der Waals surface area contributed by atoms with Gasteiger partial charge in [0.05, 0.1) is 6.04 Å². The molecule has 1 heterocycles. The van der Waals surface area contributed by atoms with Crippen molar-refractivity contribution >= 4 is 35.5 Å². The van der Waals surface area contributed by atoms with Crippen molar-refractivity contribution in [2.45, 2.75) is 138 Å². The van der Waals surface area contributed by atoms with E-state index in [0.29, 0.717) is 19.3 Å². The van der Waals surface area contributed by atoms with E-state index in [2.05, 4.69) is 36.7 Å². The summed E-state index contributed by atoms with van der Waals surface area (Å²) in [7, 11) is 0. The van der Waals surface area contributed by atoms with Crippen LogP contribution in [0.4, 0.5) is 4.79 Å². The summed E-state index contributed by atoms with van der Waals surface area (Å²) in [5.74, 6) is -2.53. The average Bonchev–Trinajstić information content (AvgIpc) is 3.71. The molecule has 3 fully saturated rings. The standard InChI is InChI=1S/C28H39N5O7.C4H8.C4H10.C2H6/c1-28(2,3)23(32-27(39)30-15-21(34)40-16-18-8-5-4-6-9-18)26(38)33-13-7-10-20(33)25(37)31-19(14-17-11-12-17)22(35)24(29)36;1-2-4-3-1;1-4(2)3;1-2/h4-6,8-9,17,19-20,23H,7,10-16H2,1-3H3,(H2,29,36)(H,31,37)(H2,30,32,39);1-4H2;4H,1-3H3;1-2H3. The minimum absolute atomic E-state index is 0.0665. The van der Waals surface area contributed by atoms with Gasteiger partial charge in [0.25, 0.3) is 5.91 Å². The summed E-state index contributed by atoms with van der Waals surface area (Å²) in [5, 5.41) is 7.69. The van der Waals surface area contributed by atoms with Gasteiger partial charge in [-0.25, -0.2) is 4.79 Å². The largest absolute Gasteiger partial charge is 0.460 e. The van der Waals surface area contributed by atoms with Crippen molar-refractivity contribution in [2.75, 3.05) is 13.1 Å². The summed E-state index contributed by atoms with van der Waals surface area (Å²) in [6, 6.07) is 5.45. The normalized spacial score (nSPS) is 17.4. The zero-order chi connectivity index (χ0) is 37.9. The Labute approximate surface area is 299 Å². The maximum absolute atomic E-state index is 13.6. The molecular formula is C38H63N5O7. The Hall–Kier alpha value is -3.96. The second-order valence-electron chi connectivity index (χ2n) is 14.6. The van der Waals surface area contributed by atoms with Gasteiger partial charge in [-0.05, 0) is 42.1 Å². The van der Waals surface area contributed by atoms with Gasteiger partial charge in [-0.1, -0.05) is 124 Å². The van der Waals surface area contributed by atoms with Crippen LogP contribution in [0, 0.1) is 17.3 Å². The number of esters is 1. The van der Waals surface area contributed by atoms with Crippen LogP contribution in [-0.2, 0) is 35.3 Å². The van der Waals surface area contributed by atoms with Crippen molar-refractivity contribution in [2.24, 2.45) is 23.0 Å². The number of nitrogens with one attached hydrogen (secondary N) is 3. The molecule has 5 N–H and O–H groups in total. The Morgan fingerprint density at radius 3 is 1.92 bits per heavy atom. The lowest BCUT2D eigenvalue weighted by Gasteiger charge is -2.35. The lowest BCUT2D eigenvalue weighted by molar-refractivity contribution is -0.143. The number of amides is 5. The molecule has 3 unspecified atom stereocenters. The Morgan fingerprint density at radius 1 is 0.880 bits per heavy atom. The summed E-state index contributed by atoms with van der Waals surface area (Å²) in [4.78, 5) is 76.7. The third kappa shape index (κ3) is 17.1. The lowest BCUT2D eigenvalue weighted by Crippen LogP contribution is -2.60. The quantitative estimate of drug-likeness (QED) is 0.175. The first-order valence-corrected chi connectivity index (χ1v) is 18.3. The second kappa shape index (κ2) is 22.7. The van der Waals surface area contributed by atoms with Gasteiger partial charge in [-0.3, -0.25) is 24.0 Å². The van der Waals surface area contributed by atoms with E-state index >= 15 is 0 Å². The molecule has 12 heteroatoms. The lowest BCUT2D eigenvalue weighted by atomic mass is 9.85. The van der Waals surface area contributed by atoms with Crippen molar-refractivity contribution in [3.8, 4) is 0 Å². The summed E-state index contributed by atoms with van der Waals surface area (Å²) < 4.78 is 5.16. The number of likely N-dealkylation sites (tertiary alicyclic amines) is 1. The van der Waals surface area contributed by atoms with Crippen molar-refractivity contribution in [1.29, 1.82) is 0 Å². The average molecular weight is 702 g/mol. The fourth-order valence-electron chi connectivity index (χ4n) is 4.85. The van der Waals surface area contributed by atoms with E-state index in [1.165, 1.54) is 30.6 Å². The number of primary amides is 1. The van der Waals surface area contributed by atoms with E-state index < -0.39 is 65.6 Å². The van der Waals surface area contributed by atoms with Gasteiger partial charge in [-0.2, -0.15) is 0 Å². The molecule has 0 aromatic heterocycles. The van der Waals surface area contributed by atoms with Gasteiger partial charge >= 0.3 is 12.0 Å². The molecule has 50 heavy (non-hydrogen) atoms. The van der Waals surface area contributed by atoms with Crippen LogP contribution in [0.3, 0.4) is 0 Å². The van der Waals surface area contributed by atoms with E-state index in [0.717, 1.165) is 24.3 Å². The molecule has 1 saturated heterocycles. The molecule has 3 aliphatic rings. The summed E-state index contributed by atoms with van der Waals surface area (Å²) in [6.07, 6.45) is 9.08. The molecule has 2 aliphatic carbocycles. The summed E-state index contributed by atoms with van der Waals surface area (Å²) >= 11 is 0. The second-order valence-corrected chi connectivity index (χ2v) is 14.6. The Morgan fingerprint density at radius 2 is 1.44 bits per heavy atom. The van der Waals surface area contributed by atoms with Crippen LogP contribution < -0.4 is 21.7 Å². The van der Waals surface area contributed by atoms with Gasteiger partial charge in [0.2, 0.25) is 17.6 Å². The van der Waals surface area contributed by atoms with Crippen molar-refractivity contribution in [1.82, 2.24) is 20.9 Å². The Bertz CT molecular complexity index is 1220. The number of hydrogen-bond donors (Lipinski definition) is 4. The fourth-order valence-corrected chi connectivity index (χ4v) is 4.85. The number of rotatable bonds is 12. The van der Waals surface area contributed by atoms with Crippen LogP contribution in [0.15, 0.2) is 30.3 Å². The first-order valence-electron chi connectivity index (χ1n) is 18.3. The SMILES string of the molecule is C1CCC1.CC.CC(C)(C)C(NC(=O)NCC(=O)OCc1ccccc1)C(=O)N1CCCC1C(=O)NC(CC1CC1)C(=O)C(N)=O.CC(C)C. The monoisotopic (exact) mass is 701 g/mol. The molecule has 4 rings (SSSR count). The molecule has 3 atom stereocenters. The maximum Gasteiger partial charge on any atom is 0.325 e. The van der Waals surface area contributed by atoms with Gasteiger partial charge in [0.1, 0.15) is 25.2 Å². The molecule has 2 saturated carbocycles. The van der Waals surface area contributed by atoms with E-state index in [1.54, 1.807) is 20.8 Å². The molecule has 0 spiro atoms. The van der Waals surface area contributed by atoms with Gasteiger partial charge < -0.3 is 31.3 Å². The third-order valence-corrected chi connectivity index (χ3v) is 8.00. The minimum atomic E-state index is -1.11. The highest BCUT2D eigenvalue weighted by molar-refractivity contribution is 6.37. The van der Waals surface area contributed by atoms with Crippen LogP contribution in [0.2, 0.25) is 0 Å². The number of ketones is 1. The Balaban J connectivity index is 0.00000109. The van der Waals surface area contributed by atoms with Gasteiger partial charge in [0.15, 0.2) is 0 Å². The van der Waals surface area contributed by atoms with Crippen LogP contribution in [-0.4, -0.2) is 71.6 Å². The first-order chi connectivity index (χ1) is 23.6. The van der Waals surface area contributed by atoms with Crippen molar-refractivity contribution in [3.63, 3.8) is 0 Å². The van der Waals surface area contributed by atoms with E-state index in [9.17, 15) is 28.8 Å². The number of ether oxygens (including phenoxy) is 1. The topological polar surface area (TPSA) is 177 Å². The molecule has 0 bridgehead atoms. The van der Waals surface area contributed by atoms with E-state index in [-0.39, 0.29) is 19.1 Å². The molecule has 0 radical (unpaired) electrons. The number of nitrogens with zero attached hydrogens (tertiary/aromatic N) is 1. The number of nitrogens with two attached hydrogens (primary N) is 1. The molecule has 282 valence electrons. The van der Waals surface area contributed by atoms with Crippen molar-refractivity contribution < 1.29 is 33.5 Å². The number of Topliss-reactive ketones (excluding diaryl/α,β-unsaturated/α-hetero) is 1. The van der Waals surface area contributed by atoms with Crippen LogP contribution in [0.25, 0.3) is 0 Å². The zero-order valence-corrected chi connectivity index (χ0v) is 31.6. The predicted molar refractivity (Wildman–Crippen MR) is 195 cm³/mol. The maximum atomic E-state index is 13.6. The number of hydrogen-bond acceptors (Lipinski definition) is 7. The Kier molecular flexibility index (Phi) is 20.0. The first kappa shape index (κ1) is 44.1. The zero-order valence-electron chi connectivity index (χ0n) is 31.6. The minimum Gasteiger partial charge on any atom is -0.460 e. The summed E-state index contributed by atoms with van der Waals surface area (Å²) in [5.41, 5.74) is 5.25. The molecule has 5 amide bonds. The molecule has 12 nitrogen and oxygen atoms in total. The van der Waals surface area contributed by atoms with Crippen LogP contribution in [0.1, 0.15) is 119 Å². The predicted octanol–water partition coefficient (Wildman–Crippen LogP) is 5.02. The van der Waals surface area contributed by atoms with Gasteiger partial charge in [-0.15, -0.1) is 0 Å². The molecule has 1 aliphatic heterocycles. The highest BCUT2D eigenvalue weighted by atomic mass is 16.5. The van der Waals surface area contributed by atoms with E-state index in [4.69, 9.17) is 10.5 Å². The highest BCUT2D eigenvalue weighted by Gasteiger charge is 2.43. The van der Waals surface area contributed by atoms with Crippen molar-refractivity contribution in [3.05, 3.63) is 35.9 Å². The molecule has 1 aromatic carbocycles. The van der Waals surface area contributed by atoms with Crippen LogP contribution in [0.5, 0.6) is 0 Å². The number of benzene rings is 1. The van der Waals surface area contributed by atoms with Crippen LogP contribution >= 0.6 is 0 Å². The number of carbonyl (C=O) groups excluding carboxylic acids is 6. The summed E-state index contributed by atoms with van der Waals surface area (Å²) in [6.45, 7) is 15.8.